The van der Waals surface area contributed by atoms with Gasteiger partial charge in [0.05, 0.1) is 12.0 Å². The van der Waals surface area contributed by atoms with Crippen LogP contribution in [0.1, 0.15) is 24.0 Å². The van der Waals surface area contributed by atoms with Crippen LogP contribution in [-0.2, 0) is 17.4 Å². The molecule has 0 fully saturated rings. The lowest BCUT2D eigenvalue weighted by Gasteiger charge is -2.08. The fourth-order valence-corrected chi connectivity index (χ4v) is 1.90. The molecule has 2 nitrogen and oxygen atoms in total. The highest BCUT2D eigenvalue weighted by Crippen LogP contribution is 2.29. The van der Waals surface area contributed by atoms with Crippen molar-refractivity contribution >= 4 is 21.8 Å². The lowest BCUT2D eigenvalue weighted by molar-refractivity contribution is -0.137. The van der Waals surface area contributed by atoms with Gasteiger partial charge in [0, 0.05) is 11.9 Å². The highest BCUT2D eigenvalue weighted by Gasteiger charge is 2.29. The minimum atomic E-state index is -4.34. The van der Waals surface area contributed by atoms with Gasteiger partial charge >= 0.3 is 6.18 Å². The summed E-state index contributed by atoms with van der Waals surface area (Å²) >= 11 is 3.29. The van der Waals surface area contributed by atoms with Crippen LogP contribution in [0.25, 0.3) is 0 Å². The van der Waals surface area contributed by atoms with Crippen LogP contribution in [-0.4, -0.2) is 17.8 Å². The predicted molar refractivity (Wildman–Crippen MR) is 71.2 cm³/mol. The van der Waals surface area contributed by atoms with Crippen LogP contribution < -0.4 is 5.32 Å². The fourth-order valence-electron chi connectivity index (χ4n) is 1.51. The molecule has 1 aromatic rings. The molecule has 6 heteroatoms. The van der Waals surface area contributed by atoms with Gasteiger partial charge in [0.25, 0.3) is 0 Å². The van der Waals surface area contributed by atoms with Crippen LogP contribution in [0.4, 0.5) is 13.2 Å². The van der Waals surface area contributed by atoms with Gasteiger partial charge in [0.15, 0.2) is 0 Å². The van der Waals surface area contributed by atoms with Gasteiger partial charge in [0.2, 0.25) is 5.91 Å². The predicted octanol–water partition coefficient (Wildman–Crippen LogP) is 3.54. The van der Waals surface area contributed by atoms with E-state index in [0.29, 0.717) is 12.1 Å². The molecular weight excluding hydrogens is 323 g/mol. The summed E-state index contributed by atoms with van der Waals surface area (Å²) in [5.41, 5.74) is -0.125. The Morgan fingerprint density at radius 3 is 2.32 bits per heavy atom. The molecule has 0 bridgehead atoms. The summed E-state index contributed by atoms with van der Waals surface area (Å²) in [6.45, 7) is 0.588. The molecule has 19 heavy (non-hydrogen) atoms. The number of unbranched alkanes of at least 4 members (excludes halogenated alkanes) is 1. The van der Waals surface area contributed by atoms with Crippen LogP contribution in [0, 0.1) is 0 Å². The van der Waals surface area contributed by atoms with Crippen molar-refractivity contribution in [3.05, 3.63) is 35.4 Å². The third kappa shape index (κ3) is 6.09. The van der Waals surface area contributed by atoms with E-state index in [1.54, 1.807) is 0 Å². The molecule has 0 aliphatic carbocycles. The van der Waals surface area contributed by atoms with E-state index in [1.807, 2.05) is 0 Å². The molecule has 1 amide bonds. The Bertz CT molecular complexity index is 403. The Hall–Kier alpha value is -1.04. The van der Waals surface area contributed by atoms with E-state index in [-0.39, 0.29) is 12.3 Å². The number of benzene rings is 1. The summed E-state index contributed by atoms with van der Waals surface area (Å²) in [7, 11) is 0. The van der Waals surface area contributed by atoms with Crippen LogP contribution in [0.5, 0.6) is 0 Å². The molecule has 1 rings (SSSR count). The van der Waals surface area contributed by atoms with E-state index in [0.717, 1.165) is 30.3 Å². The van der Waals surface area contributed by atoms with Gasteiger partial charge in [-0.1, -0.05) is 28.1 Å². The minimum absolute atomic E-state index is 0.104. The van der Waals surface area contributed by atoms with Crippen LogP contribution in [0.3, 0.4) is 0 Å². The number of alkyl halides is 4. The first-order valence-corrected chi connectivity index (χ1v) is 7.04. The van der Waals surface area contributed by atoms with Crippen molar-refractivity contribution in [3.63, 3.8) is 0 Å². The number of hydrogen-bond donors (Lipinski definition) is 1. The molecule has 1 N–H and O–H groups in total. The Morgan fingerprint density at radius 2 is 1.79 bits per heavy atom. The topological polar surface area (TPSA) is 29.1 Å². The van der Waals surface area contributed by atoms with Gasteiger partial charge in [-0.05, 0) is 30.5 Å². The van der Waals surface area contributed by atoms with E-state index in [4.69, 9.17) is 0 Å². The first-order chi connectivity index (χ1) is 8.93. The molecule has 0 heterocycles. The summed E-state index contributed by atoms with van der Waals surface area (Å²) in [6.07, 6.45) is -2.38. The zero-order valence-corrected chi connectivity index (χ0v) is 11.9. The van der Waals surface area contributed by atoms with Crippen molar-refractivity contribution in [2.75, 3.05) is 11.9 Å². The summed E-state index contributed by atoms with van der Waals surface area (Å²) in [5.74, 6) is -0.172. The third-order valence-corrected chi connectivity index (χ3v) is 3.09. The third-order valence-electron chi connectivity index (χ3n) is 2.53. The summed E-state index contributed by atoms with van der Waals surface area (Å²) < 4.78 is 37.0. The Labute approximate surface area is 118 Å². The Kier molecular flexibility index (Phi) is 6.34. The van der Waals surface area contributed by atoms with E-state index >= 15 is 0 Å². The number of carbonyl (C=O) groups excluding carboxylic acids is 1. The highest BCUT2D eigenvalue weighted by atomic mass is 79.9. The molecular formula is C13H15BrF3NO. The molecule has 0 unspecified atom stereocenters. The van der Waals surface area contributed by atoms with Crippen molar-refractivity contribution in [1.29, 1.82) is 0 Å². The Balaban J connectivity index is 2.43. The highest BCUT2D eigenvalue weighted by molar-refractivity contribution is 9.09. The second-order valence-electron chi connectivity index (χ2n) is 4.12. The fraction of sp³-hybridized carbons (Fsp3) is 0.462. The standard InChI is InChI=1S/C13H15BrF3NO/c14-7-1-2-8-18-12(19)9-10-3-5-11(6-4-10)13(15,16)17/h3-6H,1-2,7-9H2,(H,18,19). The first kappa shape index (κ1) is 16.0. The molecule has 0 aliphatic heterocycles. The van der Waals surface area contributed by atoms with Gasteiger partial charge in [0.1, 0.15) is 0 Å². The maximum atomic E-state index is 12.3. The SMILES string of the molecule is O=C(Cc1ccc(C(F)(F)F)cc1)NCCCCBr. The average molecular weight is 338 g/mol. The van der Waals surface area contributed by atoms with E-state index in [1.165, 1.54) is 12.1 Å². The quantitative estimate of drug-likeness (QED) is 0.624. The maximum absolute atomic E-state index is 12.3. The molecule has 0 radical (unpaired) electrons. The normalized spacial score (nSPS) is 11.4. The van der Waals surface area contributed by atoms with Gasteiger partial charge in [-0.3, -0.25) is 4.79 Å². The zero-order chi connectivity index (χ0) is 14.3. The largest absolute Gasteiger partial charge is 0.416 e. The summed E-state index contributed by atoms with van der Waals surface area (Å²) in [6, 6.07) is 4.66. The maximum Gasteiger partial charge on any atom is 0.416 e. The molecule has 0 atom stereocenters. The lowest BCUT2D eigenvalue weighted by Crippen LogP contribution is -2.26. The van der Waals surface area contributed by atoms with Crippen molar-refractivity contribution < 1.29 is 18.0 Å². The monoisotopic (exact) mass is 337 g/mol. The molecule has 106 valence electrons. The van der Waals surface area contributed by atoms with E-state index in [9.17, 15) is 18.0 Å². The van der Waals surface area contributed by atoms with Crippen molar-refractivity contribution in [3.8, 4) is 0 Å². The van der Waals surface area contributed by atoms with Crippen molar-refractivity contribution in [2.24, 2.45) is 0 Å². The van der Waals surface area contributed by atoms with Gasteiger partial charge in [-0.2, -0.15) is 13.2 Å². The number of nitrogens with one attached hydrogen (secondary N) is 1. The second-order valence-corrected chi connectivity index (χ2v) is 4.91. The number of hydrogen-bond acceptors (Lipinski definition) is 1. The van der Waals surface area contributed by atoms with Crippen molar-refractivity contribution in [2.45, 2.75) is 25.4 Å². The van der Waals surface area contributed by atoms with E-state index in [2.05, 4.69) is 21.2 Å². The van der Waals surface area contributed by atoms with Crippen LogP contribution in [0.2, 0.25) is 0 Å². The number of carbonyl (C=O) groups is 1. The minimum Gasteiger partial charge on any atom is -0.356 e. The van der Waals surface area contributed by atoms with Crippen molar-refractivity contribution in [1.82, 2.24) is 5.32 Å². The molecule has 0 spiro atoms. The zero-order valence-electron chi connectivity index (χ0n) is 10.3. The lowest BCUT2D eigenvalue weighted by atomic mass is 10.1. The number of halogens is 4. The second kappa shape index (κ2) is 7.53. The van der Waals surface area contributed by atoms with Gasteiger partial charge in [-0.15, -0.1) is 0 Å². The smallest absolute Gasteiger partial charge is 0.356 e. The molecule has 0 saturated heterocycles. The number of rotatable bonds is 6. The number of amides is 1. The molecule has 1 aromatic carbocycles. The molecule has 0 saturated carbocycles. The van der Waals surface area contributed by atoms with Crippen LogP contribution in [0.15, 0.2) is 24.3 Å². The van der Waals surface area contributed by atoms with Crippen LogP contribution >= 0.6 is 15.9 Å². The summed E-state index contributed by atoms with van der Waals surface area (Å²) in [5, 5.41) is 3.62. The van der Waals surface area contributed by atoms with E-state index < -0.39 is 11.7 Å². The molecule has 0 aromatic heterocycles. The summed E-state index contributed by atoms with van der Waals surface area (Å²) in [4.78, 5) is 11.5. The van der Waals surface area contributed by atoms with Gasteiger partial charge in [-0.25, -0.2) is 0 Å². The average Bonchev–Trinajstić information content (AvgIpc) is 2.34. The first-order valence-electron chi connectivity index (χ1n) is 5.92. The Morgan fingerprint density at radius 1 is 1.16 bits per heavy atom. The molecule has 0 aliphatic rings. The van der Waals surface area contributed by atoms with Gasteiger partial charge < -0.3 is 5.32 Å².